The van der Waals surface area contributed by atoms with Crippen LogP contribution in [0.5, 0.6) is 5.75 Å². The topological polar surface area (TPSA) is 39.9 Å². The lowest BCUT2D eigenvalue weighted by molar-refractivity contribution is 0.344. The lowest BCUT2D eigenvalue weighted by Gasteiger charge is -2.10. The first kappa shape index (κ1) is 16.5. The number of thioether (sulfide) groups is 1. The van der Waals surface area contributed by atoms with Gasteiger partial charge in [0.1, 0.15) is 11.6 Å². The summed E-state index contributed by atoms with van der Waals surface area (Å²) in [4.78, 5) is 0. The van der Waals surface area contributed by atoms with Crippen LogP contribution in [0.1, 0.15) is 24.6 Å². The monoisotopic (exact) mass is 371 g/mol. The average molecular weight is 372 g/mol. The van der Waals surface area contributed by atoms with Crippen LogP contribution in [0.4, 0.5) is 0 Å². The fourth-order valence-electron chi connectivity index (χ4n) is 2.65. The van der Waals surface area contributed by atoms with Crippen molar-refractivity contribution in [2.24, 2.45) is 0 Å². The first-order valence-corrected chi connectivity index (χ1v) is 9.70. The molecule has 1 saturated carbocycles. The Bertz CT molecular complexity index is 849. The number of aromatic nitrogens is 3. The fraction of sp³-hybridized carbons (Fsp3) is 0.263. The van der Waals surface area contributed by atoms with Crippen molar-refractivity contribution < 1.29 is 4.74 Å². The van der Waals surface area contributed by atoms with Crippen molar-refractivity contribution in [2.45, 2.75) is 23.9 Å². The molecule has 0 radical (unpaired) electrons. The van der Waals surface area contributed by atoms with Crippen LogP contribution in [-0.4, -0.2) is 27.1 Å². The van der Waals surface area contributed by atoms with E-state index in [1.165, 1.54) is 12.8 Å². The van der Waals surface area contributed by atoms with E-state index in [1.807, 2.05) is 42.5 Å². The first-order chi connectivity index (χ1) is 12.3. The van der Waals surface area contributed by atoms with E-state index in [4.69, 9.17) is 16.3 Å². The Balaban J connectivity index is 1.45. The average Bonchev–Trinajstić information content (AvgIpc) is 3.41. The van der Waals surface area contributed by atoms with Crippen LogP contribution in [0, 0.1) is 0 Å². The van der Waals surface area contributed by atoms with Crippen LogP contribution in [-0.2, 0) is 0 Å². The van der Waals surface area contributed by atoms with Crippen LogP contribution < -0.4 is 4.74 Å². The molecular formula is C19H18ClN3OS. The minimum absolute atomic E-state index is 0.543. The molecule has 0 aliphatic heterocycles. The van der Waals surface area contributed by atoms with E-state index in [0.717, 1.165) is 22.4 Å². The van der Waals surface area contributed by atoms with E-state index < -0.39 is 0 Å². The predicted octanol–water partition coefficient (Wildman–Crippen LogP) is 4.97. The summed E-state index contributed by atoms with van der Waals surface area (Å²) in [5, 5.41) is 10.4. The van der Waals surface area contributed by atoms with Crippen LogP contribution in [0.25, 0.3) is 5.69 Å². The molecule has 2 aromatic carbocycles. The van der Waals surface area contributed by atoms with Gasteiger partial charge in [-0.1, -0.05) is 53.7 Å². The molecule has 1 heterocycles. The number of nitrogens with zero attached hydrogens (tertiary/aromatic N) is 3. The minimum Gasteiger partial charge on any atom is -0.491 e. The van der Waals surface area contributed by atoms with Crippen LogP contribution in [0.3, 0.4) is 0 Å². The summed E-state index contributed by atoms with van der Waals surface area (Å²) in [6.07, 6.45) is 2.40. The Morgan fingerprint density at radius 1 is 1.04 bits per heavy atom. The zero-order valence-electron chi connectivity index (χ0n) is 13.6. The number of para-hydroxylation sites is 2. The Hall–Kier alpha value is -1.98. The summed E-state index contributed by atoms with van der Waals surface area (Å²) in [7, 11) is 0. The number of halogens is 1. The molecule has 6 heteroatoms. The number of hydrogen-bond donors (Lipinski definition) is 0. The Kier molecular flexibility index (Phi) is 4.95. The summed E-state index contributed by atoms with van der Waals surface area (Å²) in [5.74, 6) is 3.11. The summed E-state index contributed by atoms with van der Waals surface area (Å²) in [6, 6.07) is 17.8. The van der Waals surface area contributed by atoms with Crippen molar-refractivity contribution >= 4 is 23.4 Å². The quantitative estimate of drug-likeness (QED) is 0.434. The van der Waals surface area contributed by atoms with Gasteiger partial charge in [0.2, 0.25) is 0 Å². The molecule has 0 unspecified atom stereocenters. The van der Waals surface area contributed by atoms with Gasteiger partial charge >= 0.3 is 0 Å². The van der Waals surface area contributed by atoms with Crippen molar-refractivity contribution in [3.8, 4) is 11.4 Å². The van der Waals surface area contributed by atoms with Gasteiger partial charge in [0, 0.05) is 17.4 Å². The molecule has 0 bridgehead atoms. The van der Waals surface area contributed by atoms with Crippen molar-refractivity contribution in [3.05, 3.63) is 65.4 Å². The molecule has 0 amide bonds. The highest BCUT2D eigenvalue weighted by molar-refractivity contribution is 7.99. The summed E-state index contributed by atoms with van der Waals surface area (Å²) >= 11 is 7.77. The van der Waals surface area contributed by atoms with Gasteiger partial charge in [0.15, 0.2) is 5.16 Å². The highest BCUT2D eigenvalue weighted by Crippen LogP contribution is 2.41. The number of rotatable bonds is 7. The molecule has 3 aromatic rings. The van der Waals surface area contributed by atoms with Gasteiger partial charge in [-0.05, 0) is 37.1 Å². The molecule has 1 aromatic heterocycles. The summed E-state index contributed by atoms with van der Waals surface area (Å²) in [5.41, 5.74) is 1.11. The van der Waals surface area contributed by atoms with Crippen LogP contribution in [0.15, 0.2) is 59.8 Å². The van der Waals surface area contributed by atoms with E-state index in [9.17, 15) is 0 Å². The normalized spacial score (nSPS) is 13.8. The summed E-state index contributed by atoms with van der Waals surface area (Å²) < 4.78 is 7.94. The molecule has 0 spiro atoms. The zero-order chi connectivity index (χ0) is 17.1. The second kappa shape index (κ2) is 7.50. The third-order valence-electron chi connectivity index (χ3n) is 4.02. The molecular weight excluding hydrogens is 354 g/mol. The maximum absolute atomic E-state index is 6.11. The third-order valence-corrected chi connectivity index (χ3v) is 5.23. The van der Waals surface area contributed by atoms with Crippen molar-refractivity contribution in [3.63, 3.8) is 0 Å². The molecule has 1 fully saturated rings. The number of hydrogen-bond acceptors (Lipinski definition) is 4. The minimum atomic E-state index is 0.543. The maximum atomic E-state index is 6.11. The van der Waals surface area contributed by atoms with Crippen LogP contribution >= 0.6 is 23.4 Å². The first-order valence-electron chi connectivity index (χ1n) is 8.34. The standard InChI is InChI=1S/C19H18ClN3OS/c20-16-8-4-5-9-17(16)24-12-13-25-19-22-21-18(14-10-11-14)23(19)15-6-2-1-3-7-15/h1-9,14H,10-13H2. The van der Waals surface area contributed by atoms with Gasteiger partial charge in [0.05, 0.1) is 11.6 Å². The Labute approximate surface area is 156 Å². The maximum Gasteiger partial charge on any atom is 0.195 e. The molecule has 1 aliphatic carbocycles. The largest absolute Gasteiger partial charge is 0.491 e. The SMILES string of the molecule is Clc1ccccc1OCCSc1nnc(C2CC2)n1-c1ccccc1. The number of ether oxygens (including phenoxy) is 1. The lowest BCUT2D eigenvalue weighted by Crippen LogP contribution is -2.04. The molecule has 1 aliphatic rings. The predicted molar refractivity (Wildman–Crippen MR) is 101 cm³/mol. The molecule has 25 heavy (non-hydrogen) atoms. The summed E-state index contributed by atoms with van der Waals surface area (Å²) in [6.45, 7) is 0.564. The molecule has 4 rings (SSSR count). The highest BCUT2D eigenvalue weighted by atomic mass is 35.5. The van der Waals surface area contributed by atoms with Crippen molar-refractivity contribution in [2.75, 3.05) is 12.4 Å². The van der Waals surface area contributed by atoms with Crippen molar-refractivity contribution in [1.29, 1.82) is 0 Å². The molecule has 0 atom stereocenters. The molecule has 0 N–H and O–H groups in total. The van der Waals surface area contributed by atoms with Gasteiger partial charge in [-0.3, -0.25) is 4.57 Å². The third kappa shape index (κ3) is 3.83. The zero-order valence-corrected chi connectivity index (χ0v) is 15.2. The van der Waals surface area contributed by atoms with Gasteiger partial charge in [-0.25, -0.2) is 0 Å². The van der Waals surface area contributed by atoms with E-state index >= 15 is 0 Å². The van der Waals surface area contributed by atoms with Crippen LogP contribution in [0.2, 0.25) is 5.02 Å². The second-order valence-corrected chi connectivity index (χ2v) is 7.38. The Morgan fingerprint density at radius 2 is 1.80 bits per heavy atom. The number of benzene rings is 2. The van der Waals surface area contributed by atoms with E-state index in [2.05, 4.69) is 26.9 Å². The van der Waals surface area contributed by atoms with Gasteiger partial charge < -0.3 is 4.74 Å². The van der Waals surface area contributed by atoms with E-state index in [1.54, 1.807) is 11.8 Å². The fourth-order valence-corrected chi connectivity index (χ4v) is 3.61. The van der Waals surface area contributed by atoms with Crippen molar-refractivity contribution in [1.82, 2.24) is 14.8 Å². The van der Waals surface area contributed by atoms with Gasteiger partial charge in [-0.2, -0.15) is 0 Å². The van der Waals surface area contributed by atoms with Gasteiger partial charge in [0.25, 0.3) is 0 Å². The molecule has 4 nitrogen and oxygen atoms in total. The lowest BCUT2D eigenvalue weighted by atomic mass is 10.3. The van der Waals surface area contributed by atoms with Gasteiger partial charge in [-0.15, -0.1) is 10.2 Å². The highest BCUT2D eigenvalue weighted by Gasteiger charge is 2.30. The smallest absolute Gasteiger partial charge is 0.195 e. The Morgan fingerprint density at radius 3 is 2.56 bits per heavy atom. The van der Waals surface area contributed by atoms with E-state index in [-0.39, 0.29) is 0 Å². The molecule has 0 saturated heterocycles. The second-order valence-electron chi connectivity index (χ2n) is 5.91. The van der Waals surface area contributed by atoms with E-state index in [0.29, 0.717) is 23.3 Å². The molecule has 128 valence electrons.